The van der Waals surface area contributed by atoms with Gasteiger partial charge in [0.25, 0.3) is 5.56 Å². The van der Waals surface area contributed by atoms with Crippen LogP contribution in [-0.2, 0) is 16.1 Å². The summed E-state index contributed by atoms with van der Waals surface area (Å²) in [5.74, 6) is -0.262. The minimum Gasteiger partial charge on any atom is -0.376 e. The molecular weight excluding hydrogens is 334 g/mol. The molecule has 0 bridgehead atoms. The van der Waals surface area contributed by atoms with E-state index < -0.39 is 5.69 Å². The Bertz CT molecular complexity index is 909. The second-order valence-corrected chi connectivity index (χ2v) is 6.76. The van der Waals surface area contributed by atoms with E-state index in [1.54, 1.807) is 24.3 Å². The molecule has 2 unspecified atom stereocenters. The van der Waals surface area contributed by atoms with Gasteiger partial charge in [-0.15, -0.1) is 0 Å². The number of benzene rings is 1. The number of nitrogens with zero attached hydrogens (tertiary/aromatic N) is 2. The summed E-state index contributed by atoms with van der Waals surface area (Å²) in [5.41, 5.74) is -0.277. The minimum absolute atomic E-state index is 0.0430. The summed E-state index contributed by atoms with van der Waals surface area (Å²) in [7, 11) is 0. The summed E-state index contributed by atoms with van der Waals surface area (Å²) < 4.78 is 8.13. The van der Waals surface area contributed by atoms with Gasteiger partial charge in [-0.3, -0.25) is 18.7 Å². The van der Waals surface area contributed by atoms with Crippen LogP contribution in [0.25, 0.3) is 10.9 Å². The van der Waals surface area contributed by atoms with Crippen molar-refractivity contribution in [3.8, 4) is 0 Å². The Morgan fingerprint density at radius 2 is 2.12 bits per heavy atom. The third-order valence-corrected chi connectivity index (χ3v) is 4.97. The van der Waals surface area contributed by atoms with Crippen molar-refractivity contribution in [1.82, 2.24) is 14.5 Å². The zero-order valence-corrected chi connectivity index (χ0v) is 15.2. The van der Waals surface area contributed by atoms with Gasteiger partial charge in [0.15, 0.2) is 0 Å². The average Bonchev–Trinajstić information content (AvgIpc) is 3.17. The highest BCUT2D eigenvalue weighted by Gasteiger charge is 2.19. The number of rotatable bonds is 6. The van der Waals surface area contributed by atoms with Crippen LogP contribution in [0.4, 0.5) is 0 Å². The fourth-order valence-electron chi connectivity index (χ4n) is 3.30. The van der Waals surface area contributed by atoms with Crippen molar-refractivity contribution >= 4 is 16.8 Å². The summed E-state index contributed by atoms with van der Waals surface area (Å²) in [5, 5.41) is 3.28. The lowest BCUT2D eigenvalue weighted by Gasteiger charge is -2.18. The molecule has 0 aliphatic carbocycles. The Kier molecular flexibility index (Phi) is 5.56. The summed E-state index contributed by atoms with van der Waals surface area (Å²) in [6.07, 6.45) is 2.63. The van der Waals surface area contributed by atoms with E-state index in [1.165, 1.54) is 9.13 Å². The number of fused-ring (bicyclic) bond motifs is 1. The fraction of sp³-hybridized carbons (Fsp3) is 0.526. The summed E-state index contributed by atoms with van der Waals surface area (Å²) in [4.78, 5) is 38.0. The number of carbonyl (C=O) groups is 1. The van der Waals surface area contributed by atoms with Crippen LogP contribution in [0.3, 0.4) is 0 Å². The Morgan fingerprint density at radius 1 is 1.35 bits per heavy atom. The minimum atomic E-state index is -0.449. The van der Waals surface area contributed by atoms with E-state index in [0.29, 0.717) is 23.9 Å². The van der Waals surface area contributed by atoms with Gasteiger partial charge in [0.1, 0.15) is 6.54 Å². The van der Waals surface area contributed by atoms with Gasteiger partial charge in [0.05, 0.1) is 17.0 Å². The van der Waals surface area contributed by atoms with E-state index in [9.17, 15) is 14.4 Å². The maximum atomic E-state index is 12.9. The highest BCUT2D eigenvalue weighted by Crippen LogP contribution is 2.12. The number of hydrogen-bond donors (Lipinski definition) is 1. The molecule has 0 radical (unpaired) electrons. The molecule has 140 valence electrons. The normalized spacial score (nSPS) is 18.2. The highest BCUT2D eigenvalue weighted by molar-refractivity contribution is 5.81. The molecule has 1 aliphatic rings. The molecule has 0 spiro atoms. The van der Waals surface area contributed by atoms with E-state index in [-0.39, 0.29) is 30.2 Å². The van der Waals surface area contributed by atoms with Gasteiger partial charge in [-0.1, -0.05) is 19.1 Å². The molecule has 26 heavy (non-hydrogen) atoms. The number of para-hydroxylation sites is 1. The van der Waals surface area contributed by atoms with E-state index in [2.05, 4.69) is 5.32 Å². The SMILES string of the molecule is CCC(C)n1c(=O)c2ccccc2n(CC(=O)NCC2CCCO2)c1=O. The van der Waals surface area contributed by atoms with Gasteiger partial charge in [0.2, 0.25) is 5.91 Å². The Hall–Kier alpha value is -2.41. The molecule has 1 saturated heterocycles. The predicted octanol–water partition coefficient (Wildman–Crippen LogP) is 1.43. The zero-order chi connectivity index (χ0) is 18.7. The van der Waals surface area contributed by atoms with Gasteiger partial charge in [-0.05, 0) is 38.3 Å². The second-order valence-electron chi connectivity index (χ2n) is 6.76. The van der Waals surface area contributed by atoms with Crippen LogP contribution in [0.15, 0.2) is 33.9 Å². The molecule has 0 saturated carbocycles. The van der Waals surface area contributed by atoms with Crippen LogP contribution in [-0.4, -0.2) is 34.3 Å². The number of hydrogen-bond acceptors (Lipinski definition) is 4. The van der Waals surface area contributed by atoms with E-state index >= 15 is 0 Å². The Labute approximate surface area is 151 Å². The molecule has 1 fully saturated rings. The number of ether oxygens (including phenoxy) is 1. The quantitative estimate of drug-likeness (QED) is 0.846. The standard InChI is InChI=1S/C19H25N3O4/c1-3-13(2)22-18(24)15-8-4-5-9-16(15)21(19(22)25)12-17(23)20-11-14-7-6-10-26-14/h4-5,8-9,13-14H,3,6-7,10-12H2,1-2H3,(H,20,23). The van der Waals surface area contributed by atoms with E-state index in [1.807, 2.05) is 13.8 Å². The van der Waals surface area contributed by atoms with Crippen molar-refractivity contribution < 1.29 is 9.53 Å². The second kappa shape index (κ2) is 7.86. The van der Waals surface area contributed by atoms with Crippen LogP contribution < -0.4 is 16.6 Å². The summed E-state index contributed by atoms with van der Waals surface area (Å²) >= 11 is 0. The molecule has 2 heterocycles. The van der Waals surface area contributed by atoms with Gasteiger partial charge < -0.3 is 10.1 Å². The summed E-state index contributed by atoms with van der Waals surface area (Å²) in [6.45, 7) is 4.80. The topological polar surface area (TPSA) is 82.3 Å². The molecular formula is C19H25N3O4. The van der Waals surface area contributed by atoms with Crippen molar-refractivity contribution in [2.24, 2.45) is 0 Å². The largest absolute Gasteiger partial charge is 0.376 e. The van der Waals surface area contributed by atoms with Crippen LogP contribution >= 0.6 is 0 Å². The molecule has 2 atom stereocenters. The third-order valence-electron chi connectivity index (χ3n) is 4.97. The maximum absolute atomic E-state index is 12.9. The van der Waals surface area contributed by atoms with Crippen molar-refractivity contribution in [2.75, 3.05) is 13.2 Å². The van der Waals surface area contributed by atoms with Crippen LogP contribution in [0.2, 0.25) is 0 Å². The van der Waals surface area contributed by atoms with Gasteiger partial charge in [-0.25, -0.2) is 4.79 Å². The first-order valence-corrected chi connectivity index (χ1v) is 9.15. The Balaban J connectivity index is 1.94. The van der Waals surface area contributed by atoms with Crippen LogP contribution in [0, 0.1) is 0 Å². The van der Waals surface area contributed by atoms with Crippen LogP contribution in [0.5, 0.6) is 0 Å². The maximum Gasteiger partial charge on any atom is 0.332 e. The summed E-state index contributed by atoms with van der Waals surface area (Å²) in [6, 6.07) is 6.68. The third kappa shape index (κ3) is 3.58. The zero-order valence-electron chi connectivity index (χ0n) is 15.2. The predicted molar refractivity (Wildman–Crippen MR) is 99.5 cm³/mol. The van der Waals surface area contributed by atoms with E-state index in [0.717, 1.165) is 19.4 Å². The van der Waals surface area contributed by atoms with E-state index in [4.69, 9.17) is 4.74 Å². The van der Waals surface area contributed by atoms with Gasteiger partial charge >= 0.3 is 5.69 Å². The molecule has 1 aliphatic heterocycles. The molecule has 1 aromatic heterocycles. The van der Waals surface area contributed by atoms with Crippen molar-refractivity contribution in [2.45, 2.75) is 51.8 Å². The lowest BCUT2D eigenvalue weighted by Crippen LogP contribution is -2.44. The molecule has 1 amide bonds. The molecule has 1 N–H and O–H groups in total. The monoisotopic (exact) mass is 359 g/mol. The molecule has 3 rings (SSSR count). The first-order valence-electron chi connectivity index (χ1n) is 9.15. The molecule has 2 aromatic rings. The average molecular weight is 359 g/mol. The molecule has 7 nitrogen and oxygen atoms in total. The number of aromatic nitrogens is 2. The van der Waals surface area contributed by atoms with Crippen molar-refractivity contribution in [1.29, 1.82) is 0 Å². The van der Waals surface area contributed by atoms with Crippen LogP contribution in [0.1, 0.15) is 39.2 Å². The van der Waals surface area contributed by atoms with Crippen molar-refractivity contribution in [3.63, 3.8) is 0 Å². The number of carbonyl (C=O) groups excluding carboxylic acids is 1. The lowest BCUT2D eigenvalue weighted by molar-refractivity contribution is -0.122. The highest BCUT2D eigenvalue weighted by atomic mass is 16.5. The van der Waals surface area contributed by atoms with Crippen molar-refractivity contribution in [3.05, 3.63) is 45.1 Å². The lowest BCUT2D eigenvalue weighted by atomic mass is 10.2. The first kappa shape index (κ1) is 18.4. The number of amides is 1. The number of nitrogens with one attached hydrogen (secondary N) is 1. The van der Waals surface area contributed by atoms with Gasteiger partial charge in [-0.2, -0.15) is 0 Å². The molecule has 1 aromatic carbocycles. The smallest absolute Gasteiger partial charge is 0.332 e. The fourth-order valence-corrected chi connectivity index (χ4v) is 3.30. The Morgan fingerprint density at radius 3 is 2.81 bits per heavy atom. The first-order chi connectivity index (χ1) is 12.5. The van der Waals surface area contributed by atoms with Gasteiger partial charge in [0, 0.05) is 19.2 Å². The molecule has 7 heteroatoms.